The molecule has 7 heteroatoms. The van der Waals surface area contributed by atoms with E-state index in [9.17, 15) is 14.0 Å². The Morgan fingerprint density at radius 3 is 2.38 bits per heavy atom. The van der Waals surface area contributed by atoms with E-state index in [0.29, 0.717) is 16.3 Å². The highest BCUT2D eigenvalue weighted by Gasteiger charge is 2.31. The third-order valence-corrected chi connectivity index (χ3v) is 5.39. The van der Waals surface area contributed by atoms with Crippen LogP contribution in [0.15, 0.2) is 78.9 Å². The van der Waals surface area contributed by atoms with Crippen molar-refractivity contribution in [3.05, 3.63) is 101 Å². The van der Waals surface area contributed by atoms with Crippen LogP contribution in [0.25, 0.3) is 0 Å². The van der Waals surface area contributed by atoms with Crippen LogP contribution in [0.3, 0.4) is 0 Å². The maximum atomic E-state index is 14.5. The average molecular weight is 483 g/mol. The number of nitrogens with one attached hydrogen (secondary N) is 1. The van der Waals surface area contributed by atoms with E-state index < -0.39 is 17.8 Å². The second-order valence-electron chi connectivity index (χ2n) is 8.23. The number of carbonyl (C=O) groups excluding carboxylic acids is 2. The molecule has 3 aromatic rings. The van der Waals surface area contributed by atoms with Gasteiger partial charge in [0.05, 0.1) is 0 Å². The fourth-order valence-corrected chi connectivity index (χ4v) is 3.71. The van der Waals surface area contributed by atoms with E-state index in [1.807, 2.05) is 44.2 Å². The molecule has 0 aliphatic rings. The number of amides is 2. The monoisotopic (exact) mass is 482 g/mol. The zero-order valence-electron chi connectivity index (χ0n) is 19.2. The highest BCUT2D eigenvalue weighted by molar-refractivity contribution is 6.30. The van der Waals surface area contributed by atoms with Crippen LogP contribution in [0, 0.1) is 5.82 Å². The van der Waals surface area contributed by atoms with Crippen LogP contribution < -0.4 is 10.1 Å². The van der Waals surface area contributed by atoms with Gasteiger partial charge in [-0.3, -0.25) is 9.59 Å². The molecule has 34 heavy (non-hydrogen) atoms. The number of hydrogen-bond donors (Lipinski definition) is 1. The first kappa shape index (κ1) is 25.2. The van der Waals surface area contributed by atoms with Gasteiger partial charge in [0.25, 0.3) is 5.91 Å². The molecule has 0 bridgehead atoms. The van der Waals surface area contributed by atoms with Gasteiger partial charge in [-0.15, -0.1) is 0 Å². The number of hydrogen-bond acceptors (Lipinski definition) is 3. The van der Waals surface area contributed by atoms with Crippen molar-refractivity contribution in [3.63, 3.8) is 0 Å². The molecule has 3 rings (SSSR count). The van der Waals surface area contributed by atoms with Gasteiger partial charge in [-0.25, -0.2) is 4.39 Å². The average Bonchev–Trinajstić information content (AvgIpc) is 2.81. The molecule has 0 saturated carbocycles. The van der Waals surface area contributed by atoms with Crippen LogP contribution in [-0.2, 0) is 22.6 Å². The van der Waals surface area contributed by atoms with E-state index >= 15 is 0 Å². The molecule has 0 aliphatic carbocycles. The summed E-state index contributed by atoms with van der Waals surface area (Å²) >= 11 is 6.01. The van der Waals surface area contributed by atoms with Gasteiger partial charge in [0.1, 0.15) is 17.6 Å². The predicted octanol–water partition coefficient (Wildman–Crippen LogP) is 5.02. The second kappa shape index (κ2) is 12.2. The second-order valence-corrected chi connectivity index (χ2v) is 8.66. The maximum Gasteiger partial charge on any atom is 0.261 e. The van der Waals surface area contributed by atoms with Crippen molar-refractivity contribution >= 4 is 23.4 Å². The van der Waals surface area contributed by atoms with Gasteiger partial charge in [-0.2, -0.15) is 0 Å². The molecular formula is C27H28ClFN2O3. The summed E-state index contributed by atoms with van der Waals surface area (Å²) in [6.45, 7) is 3.30. The van der Waals surface area contributed by atoms with E-state index in [1.165, 1.54) is 11.0 Å². The SMILES string of the molecule is CC(C)NC(=O)[C@H](Cc1ccccc1)N(Cc1ccccc1F)C(=O)COc1cccc(Cl)c1. The van der Waals surface area contributed by atoms with E-state index in [1.54, 1.807) is 42.5 Å². The maximum absolute atomic E-state index is 14.5. The highest BCUT2D eigenvalue weighted by Crippen LogP contribution is 2.19. The molecule has 1 atom stereocenters. The minimum absolute atomic E-state index is 0.0760. The summed E-state index contributed by atoms with van der Waals surface area (Å²) in [6, 6.07) is 21.4. The Morgan fingerprint density at radius 1 is 1.00 bits per heavy atom. The molecule has 3 aromatic carbocycles. The summed E-state index contributed by atoms with van der Waals surface area (Å²) in [4.78, 5) is 28.0. The fraction of sp³-hybridized carbons (Fsp3) is 0.259. The molecule has 2 amide bonds. The van der Waals surface area contributed by atoms with Crippen LogP contribution in [-0.4, -0.2) is 35.4 Å². The molecule has 1 N–H and O–H groups in total. The van der Waals surface area contributed by atoms with Crippen molar-refractivity contribution in [2.24, 2.45) is 0 Å². The molecule has 178 valence electrons. The molecule has 0 radical (unpaired) electrons. The zero-order chi connectivity index (χ0) is 24.5. The summed E-state index contributed by atoms with van der Waals surface area (Å²) in [5.41, 5.74) is 1.20. The van der Waals surface area contributed by atoms with E-state index in [-0.39, 0.29) is 31.5 Å². The number of benzene rings is 3. The van der Waals surface area contributed by atoms with Crippen molar-refractivity contribution in [2.75, 3.05) is 6.61 Å². The van der Waals surface area contributed by atoms with E-state index in [4.69, 9.17) is 16.3 Å². The van der Waals surface area contributed by atoms with Gasteiger partial charge in [-0.05, 0) is 43.7 Å². The lowest BCUT2D eigenvalue weighted by atomic mass is 10.0. The van der Waals surface area contributed by atoms with Crippen molar-refractivity contribution in [2.45, 2.75) is 38.9 Å². The van der Waals surface area contributed by atoms with E-state index in [2.05, 4.69) is 5.32 Å². The summed E-state index contributed by atoms with van der Waals surface area (Å²) in [6.07, 6.45) is 0.275. The third kappa shape index (κ3) is 7.32. The largest absolute Gasteiger partial charge is 0.484 e. The Labute approximate surface area is 204 Å². The standard InChI is InChI=1S/C27H28ClFN2O3/c1-19(2)30-27(33)25(15-20-9-4-3-5-10-20)31(17-21-11-6-7-14-24(21)29)26(32)18-34-23-13-8-12-22(28)16-23/h3-14,16,19,25H,15,17-18H2,1-2H3,(H,30,33)/t25-/m0/s1. The van der Waals surface area contributed by atoms with Crippen molar-refractivity contribution in [1.29, 1.82) is 0 Å². The molecular weight excluding hydrogens is 455 g/mol. The number of rotatable bonds is 10. The zero-order valence-corrected chi connectivity index (χ0v) is 20.0. The Bertz CT molecular complexity index is 1110. The fourth-order valence-electron chi connectivity index (χ4n) is 3.53. The van der Waals surface area contributed by atoms with Gasteiger partial charge in [0, 0.05) is 29.6 Å². The van der Waals surface area contributed by atoms with Crippen LogP contribution in [0.5, 0.6) is 5.75 Å². The molecule has 0 aromatic heterocycles. The topological polar surface area (TPSA) is 58.6 Å². The normalized spacial score (nSPS) is 11.7. The van der Waals surface area contributed by atoms with Crippen LogP contribution in [0.4, 0.5) is 4.39 Å². The third-order valence-electron chi connectivity index (χ3n) is 5.16. The summed E-state index contributed by atoms with van der Waals surface area (Å²) < 4.78 is 20.2. The quantitative estimate of drug-likeness (QED) is 0.441. The molecule has 0 saturated heterocycles. The van der Waals surface area contributed by atoms with Gasteiger partial charge < -0.3 is 15.0 Å². The number of nitrogens with zero attached hydrogens (tertiary/aromatic N) is 1. The molecule has 0 heterocycles. The van der Waals surface area contributed by atoms with Crippen molar-refractivity contribution in [1.82, 2.24) is 10.2 Å². The molecule has 0 unspecified atom stereocenters. The highest BCUT2D eigenvalue weighted by atomic mass is 35.5. The first-order valence-electron chi connectivity index (χ1n) is 11.1. The lowest BCUT2D eigenvalue weighted by Crippen LogP contribution is -2.53. The molecule has 0 spiro atoms. The number of ether oxygens (including phenoxy) is 1. The van der Waals surface area contributed by atoms with Gasteiger partial charge >= 0.3 is 0 Å². The van der Waals surface area contributed by atoms with Crippen LogP contribution in [0.2, 0.25) is 5.02 Å². The van der Waals surface area contributed by atoms with Crippen LogP contribution in [0.1, 0.15) is 25.0 Å². The Kier molecular flexibility index (Phi) is 9.05. The minimum Gasteiger partial charge on any atom is -0.484 e. The van der Waals surface area contributed by atoms with Gasteiger partial charge in [0.15, 0.2) is 6.61 Å². The Balaban J connectivity index is 1.92. The smallest absolute Gasteiger partial charge is 0.261 e. The first-order valence-corrected chi connectivity index (χ1v) is 11.5. The van der Waals surface area contributed by atoms with E-state index in [0.717, 1.165) is 5.56 Å². The van der Waals surface area contributed by atoms with Crippen molar-refractivity contribution < 1.29 is 18.7 Å². The number of halogens is 2. The molecule has 0 fully saturated rings. The molecule has 0 aliphatic heterocycles. The predicted molar refractivity (Wildman–Crippen MR) is 131 cm³/mol. The minimum atomic E-state index is -0.861. The van der Waals surface area contributed by atoms with Crippen LogP contribution >= 0.6 is 11.6 Å². The van der Waals surface area contributed by atoms with Crippen molar-refractivity contribution in [3.8, 4) is 5.75 Å². The summed E-state index contributed by atoms with van der Waals surface area (Å²) in [7, 11) is 0. The van der Waals surface area contributed by atoms with Gasteiger partial charge in [0.2, 0.25) is 5.91 Å². The Hall–Kier alpha value is -3.38. The molecule has 5 nitrogen and oxygen atoms in total. The lowest BCUT2D eigenvalue weighted by Gasteiger charge is -2.32. The first-order chi connectivity index (χ1) is 16.3. The Morgan fingerprint density at radius 2 is 1.71 bits per heavy atom. The summed E-state index contributed by atoms with van der Waals surface area (Å²) in [5, 5.41) is 3.37. The number of carbonyl (C=O) groups is 2. The summed E-state index contributed by atoms with van der Waals surface area (Å²) in [5.74, 6) is -0.772. The lowest BCUT2D eigenvalue weighted by molar-refractivity contribution is -0.143. The van der Waals surface area contributed by atoms with Gasteiger partial charge in [-0.1, -0.05) is 66.2 Å².